The van der Waals surface area contributed by atoms with Crippen molar-refractivity contribution in [3.8, 4) is 5.75 Å². The number of nitrogens with zero attached hydrogens (tertiary/aromatic N) is 2. The summed E-state index contributed by atoms with van der Waals surface area (Å²) in [6.45, 7) is 5.64. The lowest BCUT2D eigenvalue weighted by Gasteiger charge is -2.13. The Kier molecular flexibility index (Phi) is 4.57. The minimum Gasteiger partial charge on any atom is -0.490 e. The van der Waals surface area contributed by atoms with Crippen LogP contribution in [-0.2, 0) is 6.54 Å². The Morgan fingerprint density at radius 2 is 1.95 bits per heavy atom. The van der Waals surface area contributed by atoms with Crippen molar-refractivity contribution in [2.45, 2.75) is 20.4 Å². The Morgan fingerprint density at radius 1 is 1.21 bits per heavy atom. The van der Waals surface area contributed by atoms with Gasteiger partial charge < -0.3 is 15.4 Å². The highest BCUT2D eigenvalue weighted by atomic mass is 32.1. The molecule has 2 rings (SSSR count). The Balaban J connectivity index is 2.13. The summed E-state index contributed by atoms with van der Waals surface area (Å²) in [6, 6.07) is 4.23. The molecule has 0 atom stereocenters. The van der Waals surface area contributed by atoms with Crippen molar-refractivity contribution in [3.63, 3.8) is 0 Å². The summed E-state index contributed by atoms with van der Waals surface area (Å²) < 4.78 is 5.38. The summed E-state index contributed by atoms with van der Waals surface area (Å²) >= 11 is 1.77. The monoisotopic (exact) mass is 278 g/mol. The SMILES string of the molecule is CCNc1ncnc(NCc2ccc(C)s2)c1OC. The Bertz CT molecular complexity index is 541. The fraction of sp³-hybridized carbons (Fsp3) is 0.385. The molecule has 5 nitrogen and oxygen atoms in total. The van der Waals surface area contributed by atoms with Crippen LogP contribution in [0.1, 0.15) is 16.7 Å². The van der Waals surface area contributed by atoms with Gasteiger partial charge in [0.25, 0.3) is 0 Å². The van der Waals surface area contributed by atoms with Crippen molar-refractivity contribution in [2.24, 2.45) is 0 Å². The topological polar surface area (TPSA) is 59.1 Å². The molecule has 0 aliphatic rings. The smallest absolute Gasteiger partial charge is 0.204 e. The number of anilines is 2. The number of hydrogen-bond donors (Lipinski definition) is 2. The Morgan fingerprint density at radius 3 is 2.53 bits per heavy atom. The molecule has 19 heavy (non-hydrogen) atoms. The van der Waals surface area contributed by atoms with E-state index in [9.17, 15) is 0 Å². The van der Waals surface area contributed by atoms with E-state index in [2.05, 4.69) is 39.7 Å². The van der Waals surface area contributed by atoms with Crippen LogP contribution in [0, 0.1) is 6.92 Å². The second-order valence-electron chi connectivity index (χ2n) is 4.00. The van der Waals surface area contributed by atoms with Crippen LogP contribution in [0.4, 0.5) is 11.6 Å². The van der Waals surface area contributed by atoms with E-state index in [1.54, 1.807) is 18.4 Å². The van der Waals surface area contributed by atoms with Crippen LogP contribution in [-0.4, -0.2) is 23.6 Å². The van der Waals surface area contributed by atoms with E-state index >= 15 is 0 Å². The van der Waals surface area contributed by atoms with Crippen molar-refractivity contribution >= 4 is 23.0 Å². The quantitative estimate of drug-likeness (QED) is 0.851. The maximum absolute atomic E-state index is 5.38. The number of nitrogens with one attached hydrogen (secondary N) is 2. The van der Waals surface area contributed by atoms with Crippen LogP contribution in [0.2, 0.25) is 0 Å². The summed E-state index contributed by atoms with van der Waals surface area (Å²) in [5, 5.41) is 6.44. The molecular weight excluding hydrogens is 260 g/mol. The summed E-state index contributed by atoms with van der Waals surface area (Å²) in [6.07, 6.45) is 1.53. The minimum absolute atomic E-state index is 0.651. The standard InChI is InChI=1S/C13H18N4OS/c1-4-14-12-11(18-3)13(17-8-16-12)15-7-10-6-5-9(2)19-10/h5-6,8H,4,7H2,1-3H3,(H2,14,15,16,17). The second-order valence-corrected chi connectivity index (χ2v) is 5.37. The van der Waals surface area contributed by atoms with Crippen LogP contribution in [0.3, 0.4) is 0 Å². The van der Waals surface area contributed by atoms with E-state index in [-0.39, 0.29) is 0 Å². The van der Waals surface area contributed by atoms with Crippen LogP contribution in [0.25, 0.3) is 0 Å². The summed E-state index contributed by atoms with van der Waals surface area (Å²) in [5.74, 6) is 2.07. The van der Waals surface area contributed by atoms with Crippen LogP contribution in [0.5, 0.6) is 5.75 Å². The molecular formula is C13H18N4OS. The first-order valence-corrected chi connectivity index (χ1v) is 6.98. The summed E-state index contributed by atoms with van der Waals surface area (Å²) in [5.41, 5.74) is 0. The fourth-order valence-corrected chi connectivity index (χ4v) is 2.57. The molecule has 6 heteroatoms. The van der Waals surface area contributed by atoms with Crippen LogP contribution in [0.15, 0.2) is 18.5 Å². The van der Waals surface area contributed by atoms with Crippen molar-refractivity contribution in [1.82, 2.24) is 9.97 Å². The first-order chi connectivity index (χ1) is 9.24. The first kappa shape index (κ1) is 13.6. The number of aryl methyl sites for hydroxylation is 1. The molecule has 0 saturated heterocycles. The van der Waals surface area contributed by atoms with Gasteiger partial charge in [-0.2, -0.15) is 0 Å². The molecule has 0 aromatic carbocycles. The van der Waals surface area contributed by atoms with Gasteiger partial charge in [-0.3, -0.25) is 0 Å². The van der Waals surface area contributed by atoms with Crippen LogP contribution >= 0.6 is 11.3 Å². The van der Waals surface area contributed by atoms with Gasteiger partial charge in [0.15, 0.2) is 11.6 Å². The molecule has 0 spiro atoms. The number of rotatable bonds is 6. The van der Waals surface area contributed by atoms with Crippen molar-refractivity contribution < 1.29 is 4.74 Å². The zero-order chi connectivity index (χ0) is 13.7. The zero-order valence-corrected chi connectivity index (χ0v) is 12.2. The molecule has 0 unspecified atom stereocenters. The maximum Gasteiger partial charge on any atom is 0.204 e. The highest BCUT2D eigenvalue weighted by Crippen LogP contribution is 2.29. The normalized spacial score (nSPS) is 10.3. The molecule has 0 fully saturated rings. The van der Waals surface area contributed by atoms with Gasteiger partial charge in [-0.05, 0) is 26.0 Å². The van der Waals surface area contributed by atoms with Gasteiger partial charge in [-0.25, -0.2) is 9.97 Å². The van der Waals surface area contributed by atoms with Crippen LogP contribution < -0.4 is 15.4 Å². The highest BCUT2D eigenvalue weighted by molar-refractivity contribution is 7.11. The molecule has 2 aromatic rings. The molecule has 0 saturated carbocycles. The van der Waals surface area contributed by atoms with Gasteiger partial charge in [-0.1, -0.05) is 0 Å². The average molecular weight is 278 g/mol. The van der Waals surface area contributed by atoms with Crippen molar-refractivity contribution in [1.29, 1.82) is 0 Å². The third kappa shape index (κ3) is 3.35. The zero-order valence-electron chi connectivity index (χ0n) is 11.4. The summed E-state index contributed by atoms with van der Waals surface area (Å²) in [4.78, 5) is 11.0. The Labute approximate surface area is 117 Å². The lowest BCUT2D eigenvalue weighted by Crippen LogP contribution is -2.07. The van der Waals surface area contributed by atoms with E-state index < -0.39 is 0 Å². The van der Waals surface area contributed by atoms with Gasteiger partial charge in [0.2, 0.25) is 5.75 Å². The number of hydrogen-bond acceptors (Lipinski definition) is 6. The lowest BCUT2D eigenvalue weighted by molar-refractivity contribution is 0.414. The van der Waals surface area contributed by atoms with Gasteiger partial charge in [0.05, 0.1) is 13.7 Å². The first-order valence-electron chi connectivity index (χ1n) is 6.16. The molecule has 2 N–H and O–H groups in total. The number of methoxy groups -OCH3 is 1. The second kappa shape index (κ2) is 6.38. The van der Waals surface area contributed by atoms with Crippen molar-refractivity contribution in [2.75, 3.05) is 24.3 Å². The van der Waals surface area contributed by atoms with Gasteiger partial charge in [0.1, 0.15) is 6.33 Å². The highest BCUT2D eigenvalue weighted by Gasteiger charge is 2.11. The maximum atomic E-state index is 5.38. The third-order valence-electron chi connectivity index (χ3n) is 2.58. The molecule has 0 aliphatic carbocycles. The van der Waals surface area contributed by atoms with Gasteiger partial charge >= 0.3 is 0 Å². The molecule has 2 aromatic heterocycles. The fourth-order valence-electron chi connectivity index (χ4n) is 1.74. The van der Waals surface area contributed by atoms with Crippen molar-refractivity contribution in [3.05, 3.63) is 28.2 Å². The molecule has 0 amide bonds. The largest absolute Gasteiger partial charge is 0.490 e. The molecule has 0 aliphatic heterocycles. The van der Waals surface area contributed by atoms with E-state index in [1.807, 2.05) is 6.92 Å². The number of aromatic nitrogens is 2. The number of ether oxygens (including phenoxy) is 1. The van der Waals surface area contributed by atoms with E-state index in [4.69, 9.17) is 4.74 Å². The van der Waals surface area contributed by atoms with Gasteiger partial charge in [-0.15, -0.1) is 11.3 Å². The number of thiophene rings is 1. The molecule has 102 valence electrons. The summed E-state index contributed by atoms with van der Waals surface area (Å²) in [7, 11) is 1.63. The minimum atomic E-state index is 0.651. The molecule has 0 radical (unpaired) electrons. The lowest BCUT2D eigenvalue weighted by atomic mass is 10.4. The third-order valence-corrected chi connectivity index (χ3v) is 3.58. The average Bonchev–Trinajstić information content (AvgIpc) is 2.83. The predicted octanol–water partition coefficient (Wildman–Crippen LogP) is 2.90. The van der Waals surface area contributed by atoms with E-state index in [0.717, 1.165) is 13.1 Å². The van der Waals surface area contributed by atoms with E-state index in [1.165, 1.54) is 16.1 Å². The molecule has 2 heterocycles. The van der Waals surface area contributed by atoms with E-state index in [0.29, 0.717) is 17.4 Å². The molecule has 0 bridgehead atoms. The predicted molar refractivity (Wildman–Crippen MR) is 79.1 cm³/mol. The Hall–Kier alpha value is -1.82. The van der Waals surface area contributed by atoms with Gasteiger partial charge in [0, 0.05) is 16.3 Å².